The van der Waals surface area contributed by atoms with Gasteiger partial charge >= 0.3 is 0 Å². The molecule has 0 radical (unpaired) electrons. The van der Waals surface area contributed by atoms with Gasteiger partial charge in [0.15, 0.2) is 6.04 Å². The zero-order chi connectivity index (χ0) is 19.3. The van der Waals surface area contributed by atoms with Crippen molar-refractivity contribution in [2.45, 2.75) is 13.0 Å². The summed E-state index contributed by atoms with van der Waals surface area (Å²) < 4.78 is 12.5. The quantitative estimate of drug-likeness (QED) is 0.707. The summed E-state index contributed by atoms with van der Waals surface area (Å²) in [5.41, 5.74) is 2.25. The Morgan fingerprint density at radius 2 is 1.82 bits per heavy atom. The van der Waals surface area contributed by atoms with Gasteiger partial charge in [0.2, 0.25) is 0 Å². The number of carbonyl (C=O) groups is 1. The SMILES string of the molecule is COc1cc2c(cc1NC(=O)[C@H](C)[N+]13CCN(CC1)CC3)oc1ccccc12. The van der Waals surface area contributed by atoms with Gasteiger partial charge in [-0.2, -0.15) is 0 Å². The van der Waals surface area contributed by atoms with E-state index in [1.54, 1.807) is 7.11 Å². The van der Waals surface area contributed by atoms with Crippen LogP contribution < -0.4 is 10.1 Å². The average Bonchev–Trinajstić information content (AvgIpc) is 3.11. The Hall–Kier alpha value is -2.57. The van der Waals surface area contributed by atoms with Gasteiger partial charge < -0.3 is 19.0 Å². The Bertz CT molecular complexity index is 1040. The smallest absolute Gasteiger partial charge is 0.282 e. The molecular weight excluding hydrogens is 354 g/mol. The lowest BCUT2D eigenvalue weighted by molar-refractivity contribution is -0.953. The number of quaternary nitrogens is 1. The van der Waals surface area contributed by atoms with Gasteiger partial charge in [-0.1, -0.05) is 18.2 Å². The van der Waals surface area contributed by atoms with Crippen LogP contribution in [0.15, 0.2) is 40.8 Å². The number of piperazine rings is 3. The van der Waals surface area contributed by atoms with E-state index in [2.05, 4.69) is 17.1 Å². The molecule has 1 amide bonds. The number of hydrogen-bond acceptors (Lipinski definition) is 4. The fraction of sp³-hybridized carbons (Fsp3) is 0.409. The van der Waals surface area contributed by atoms with E-state index < -0.39 is 0 Å². The molecule has 28 heavy (non-hydrogen) atoms. The molecule has 0 saturated carbocycles. The third-order valence-electron chi connectivity index (χ3n) is 6.74. The number of para-hydroxylation sites is 1. The summed E-state index contributed by atoms with van der Waals surface area (Å²) in [4.78, 5) is 15.6. The highest BCUT2D eigenvalue weighted by molar-refractivity contribution is 6.08. The molecule has 2 aromatic carbocycles. The van der Waals surface area contributed by atoms with Gasteiger partial charge in [0, 0.05) is 36.5 Å². The number of rotatable bonds is 4. The number of hydrogen-bond donors (Lipinski definition) is 1. The second-order valence-electron chi connectivity index (χ2n) is 8.04. The number of amides is 1. The summed E-state index contributed by atoms with van der Waals surface area (Å²) in [5.74, 6) is 0.701. The molecule has 3 aromatic rings. The van der Waals surface area contributed by atoms with Crippen LogP contribution in [-0.4, -0.2) is 67.7 Å². The molecule has 6 rings (SSSR count). The van der Waals surface area contributed by atoms with Crippen molar-refractivity contribution in [1.29, 1.82) is 0 Å². The molecule has 3 aliphatic heterocycles. The minimum atomic E-state index is -0.0847. The fourth-order valence-corrected chi connectivity index (χ4v) is 4.78. The molecule has 0 unspecified atom stereocenters. The molecule has 2 bridgehead atoms. The largest absolute Gasteiger partial charge is 0.495 e. The molecule has 6 heteroatoms. The van der Waals surface area contributed by atoms with Crippen LogP contribution in [0.2, 0.25) is 0 Å². The molecule has 1 N–H and O–H groups in total. The lowest BCUT2D eigenvalue weighted by Crippen LogP contribution is -2.72. The summed E-state index contributed by atoms with van der Waals surface area (Å²) in [5, 5.41) is 5.16. The van der Waals surface area contributed by atoms with E-state index in [0.717, 1.165) is 65.7 Å². The molecule has 0 aliphatic carbocycles. The van der Waals surface area contributed by atoms with Crippen molar-refractivity contribution in [2.24, 2.45) is 0 Å². The number of carbonyl (C=O) groups excluding carboxylic acids is 1. The Kier molecular flexibility index (Phi) is 4.07. The van der Waals surface area contributed by atoms with Gasteiger partial charge in [0.05, 0.1) is 32.4 Å². The maximum atomic E-state index is 13.1. The number of methoxy groups -OCH3 is 1. The zero-order valence-electron chi connectivity index (χ0n) is 16.4. The molecule has 0 spiro atoms. The molecule has 3 fully saturated rings. The van der Waals surface area contributed by atoms with E-state index in [1.165, 1.54) is 0 Å². The predicted octanol–water partition coefficient (Wildman–Crippen LogP) is 3.07. The van der Waals surface area contributed by atoms with Gasteiger partial charge in [-0.05, 0) is 19.1 Å². The van der Waals surface area contributed by atoms with Crippen LogP contribution in [0.25, 0.3) is 21.9 Å². The average molecular weight is 380 g/mol. The number of furan rings is 1. The van der Waals surface area contributed by atoms with Crippen molar-refractivity contribution in [2.75, 3.05) is 51.7 Å². The van der Waals surface area contributed by atoms with Crippen LogP contribution in [-0.2, 0) is 4.79 Å². The Balaban J connectivity index is 1.46. The third-order valence-corrected chi connectivity index (χ3v) is 6.74. The topological polar surface area (TPSA) is 54.7 Å². The van der Waals surface area contributed by atoms with E-state index in [4.69, 9.17) is 9.15 Å². The molecule has 146 valence electrons. The van der Waals surface area contributed by atoms with Crippen LogP contribution in [0.5, 0.6) is 5.75 Å². The summed E-state index contributed by atoms with van der Waals surface area (Å²) in [7, 11) is 1.63. The van der Waals surface area contributed by atoms with Crippen LogP contribution in [0.4, 0.5) is 5.69 Å². The molecule has 4 heterocycles. The molecule has 6 nitrogen and oxygen atoms in total. The minimum Gasteiger partial charge on any atom is -0.495 e. The highest BCUT2D eigenvalue weighted by atomic mass is 16.5. The van der Waals surface area contributed by atoms with E-state index >= 15 is 0 Å². The van der Waals surface area contributed by atoms with Crippen molar-refractivity contribution in [3.63, 3.8) is 0 Å². The van der Waals surface area contributed by atoms with Gasteiger partial charge in [0.1, 0.15) is 16.9 Å². The Morgan fingerprint density at radius 3 is 2.54 bits per heavy atom. The summed E-state index contributed by atoms with van der Waals surface area (Å²) >= 11 is 0. The standard InChI is InChI=1S/C22H25N3O3/c1-15(25-10-7-24(8-11-25)9-12-25)22(26)23-18-14-20-17(13-21(18)27-2)16-5-3-4-6-19(16)28-20/h3-6,13-15H,7-12H2,1-2H3/p+1/t15-/m0/s1. The molecule has 1 atom stereocenters. The number of nitrogens with zero attached hydrogens (tertiary/aromatic N) is 2. The van der Waals surface area contributed by atoms with Crippen molar-refractivity contribution in [3.05, 3.63) is 36.4 Å². The third kappa shape index (κ3) is 2.67. The monoisotopic (exact) mass is 380 g/mol. The van der Waals surface area contributed by atoms with Crippen LogP contribution in [0, 0.1) is 0 Å². The van der Waals surface area contributed by atoms with Crippen LogP contribution >= 0.6 is 0 Å². The second-order valence-corrected chi connectivity index (χ2v) is 8.04. The summed E-state index contributed by atoms with van der Waals surface area (Å²) in [6.07, 6.45) is 0. The number of benzene rings is 2. The first-order valence-electron chi connectivity index (χ1n) is 9.98. The van der Waals surface area contributed by atoms with E-state index in [-0.39, 0.29) is 11.9 Å². The minimum absolute atomic E-state index is 0.0455. The van der Waals surface area contributed by atoms with Crippen LogP contribution in [0.3, 0.4) is 0 Å². The number of anilines is 1. The maximum absolute atomic E-state index is 13.1. The Labute approximate surface area is 164 Å². The Morgan fingerprint density at radius 1 is 1.11 bits per heavy atom. The zero-order valence-corrected chi connectivity index (χ0v) is 16.4. The van der Waals surface area contributed by atoms with Crippen molar-refractivity contribution >= 4 is 33.5 Å². The van der Waals surface area contributed by atoms with Crippen molar-refractivity contribution < 1.29 is 18.4 Å². The highest BCUT2D eigenvalue weighted by Crippen LogP contribution is 2.36. The first-order valence-corrected chi connectivity index (χ1v) is 9.98. The predicted molar refractivity (Wildman–Crippen MR) is 110 cm³/mol. The van der Waals surface area contributed by atoms with Gasteiger partial charge in [-0.15, -0.1) is 0 Å². The lowest BCUT2D eigenvalue weighted by atomic mass is 10.1. The van der Waals surface area contributed by atoms with Crippen molar-refractivity contribution in [3.8, 4) is 5.75 Å². The molecular formula is C22H26N3O3+. The van der Waals surface area contributed by atoms with E-state index in [1.807, 2.05) is 36.4 Å². The van der Waals surface area contributed by atoms with E-state index in [0.29, 0.717) is 11.4 Å². The maximum Gasteiger partial charge on any atom is 0.282 e. The molecule has 1 aromatic heterocycles. The first-order chi connectivity index (χ1) is 13.6. The lowest BCUT2D eigenvalue weighted by Gasteiger charge is -2.52. The number of nitrogens with one attached hydrogen (secondary N) is 1. The van der Waals surface area contributed by atoms with Crippen LogP contribution in [0.1, 0.15) is 6.92 Å². The van der Waals surface area contributed by atoms with Gasteiger partial charge in [-0.3, -0.25) is 9.69 Å². The molecule has 3 saturated heterocycles. The van der Waals surface area contributed by atoms with Gasteiger partial charge in [0.25, 0.3) is 5.91 Å². The van der Waals surface area contributed by atoms with E-state index in [9.17, 15) is 4.79 Å². The van der Waals surface area contributed by atoms with Gasteiger partial charge in [-0.25, -0.2) is 0 Å². The summed E-state index contributed by atoms with van der Waals surface area (Å²) in [6.45, 7) is 8.48. The van der Waals surface area contributed by atoms with Crippen molar-refractivity contribution in [1.82, 2.24) is 4.90 Å². The normalized spacial score (nSPS) is 25.1. The fourth-order valence-electron chi connectivity index (χ4n) is 4.78. The number of ether oxygens (including phenoxy) is 1. The first kappa shape index (κ1) is 17.5. The second kappa shape index (κ2) is 6.50. The summed E-state index contributed by atoms with van der Waals surface area (Å²) in [6, 6.07) is 11.7. The number of fused-ring (bicyclic) bond motifs is 6. The highest BCUT2D eigenvalue weighted by Gasteiger charge is 2.45. The molecule has 3 aliphatic rings.